The second kappa shape index (κ2) is 6.78. The van der Waals surface area contributed by atoms with E-state index in [4.69, 9.17) is 14.5 Å². The molecule has 1 saturated carbocycles. The minimum absolute atomic E-state index is 0.180. The number of hydrogen-bond acceptors (Lipinski definition) is 7. The highest BCUT2D eigenvalue weighted by Gasteiger charge is 2.71. The molecule has 4 unspecified atom stereocenters. The number of piperidine rings is 1. The molecule has 2 aromatic rings. The Labute approximate surface area is 204 Å². The number of fused-ring (bicyclic) bond motifs is 4. The zero-order chi connectivity index (χ0) is 22.8. The number of hydrogen-bond donors (Lipinski definition) is 1. The highest BCUT2D eigenvalue weighted by Crippen LogP contribution is 2.57. The van der Waals surface area contributed by atoms with Crippen molar-refractivity contribution in [2.24, 2.45) is 0 Å². The molecule has 1 aromatic carbocycles. The number of anilines is 1. The average molecular weight is 534 g/mol. The third-order valence-corrected chi connectivity index (χ3v) is 10.3. The van der Waals surface area contributed by atoms with E-state index in [2.05, 4.69) is 36.0 Å². The van der Waals surface area contributed by atoms with Gasteiger partial charge in [-0.3, -0.25) is 4.90 Å². The maximum absolute atomic E-state index is 15.6. The largest absolute Gasteiger partial charge is 0.461 e. The van der Waals surface area contributed by atoms with Gasteiger partial charge >= 0.3 is 6.01 Å². The Balaban J connectivity index is 1.24. The highest BCUT2D eigenvalue weighted by molar-refractivity contribution is 9.10. The molecule has 0 bridgehead atoms. The first-order valence-electron chi connectivity index (χ1n) is 12.3. The van der Waals surface area contributed by atoms with Crippen molar-refractivity contribution in [1.82, 2.24) is 20.2 Å². The molecule has 6 aliphatic rings. The molecule has 8 rings (SSSR count). The third kappa shape index (κ3) is 2.41. The van der Waals surface area contributed by atoms with Crippen molar-refractivity contribution in [1.29, 1.82) is 0 Å². The molecule has 5 fully saturated rings. The van der Waals surface area contributed by atoms with Crippen molar-refractivity contribution in [3.05, 3.63) is 21.4 Å². The highest BCUT2D eigenvalue weighted by atomic mass is 79.9. The van der Waals surface area contributed by atoms with Gasteiger partial charge in [0, 0.05) is 25.1 Å². The SMILES string of the molecule is Fc1c(Br)c2c(c3c(N4C5CCC56NCC46)nc(OC[C@@]45CCCN4CC(F)C5)nc13)COC2. The first-order valence-corrected chi connectivity index (χ1v) is 13.1. The van der Waals surface area contributed by atoms with Gasteiger partial charge in [0.05, 0.1) is 46.2 Å². The molecule has 34 heavy (non-hydrogen) atoms. The lowest BCUT2D eigenvalue weighted by Crippen LogP contribution is -2.96. The Morgan fingerprint density at radius 2 is 2.09 bits per heavy atom. The van der Waals surface area contributed by atoms with Crippen LogP contribution in [0, 0.1) is 5.82 Å². The zero-order valence-electron chi connectivity index (χ0n) is 18.7. The van der Waals surface area contributed by atoms with Crippen molar-refractivity contribution < 1.29 is 18.3 Å². The summed E-state index contributed by atoms with van der Waals surface area (Å²) in [4.78, 5) is 14.1. The molecule has 10 heteroatoms. The lowest BCUT2D eigenvalue weighted by atomic mass is 9.54. The van der Waals surface area contributed by atoms with Gasteiger partial charge in [0.2, 0.25) is 0 Å². The fourth-order valence-corrected chi connectivity index (χ4v) is 8.19. The summed E-state index contributed by atoms with van der Waals surface area (Å²) >= 11 is 3.44. The molecular formula is C24H26BrF2N5O2. The molecule has 1 spiro atoms. The minimum atomic E-state index is -0.827. The Morgan fingerprint density at radius 1 is 1.21 bits per heavy atom. The van der Waals surface area contributed by atoms with Crippen molar-refractivity contribution in [3.63, 3.8) is 0 Å². The van der Waals surface area contributed by atoms with Crippen LogP contribution >= 0.6 is 15.9 Å². The summed E-state index contributed by atoms with van der Waals surface area (Å²) in [5.41, 5.74) is 1.98. The summed E-state index contributed by atoms with van der Waals surface area (Å²) in [7, 11) is 0. The Hall–Kier alpha value is -1.62. The van der Waals surface area contributed by atoms with Crippen molar-refractivity contribution in [2.75, 3.05) is 31.1 Å². The normalized spacial score (nSPS) is 37.5. The van der Waals surface area contributed by atoms with Crippen LogP contribution in [0.3, 0.4) is 0 Å². The number of halogens is 3. The number of rotatable bonds is 4. The molecule has 0 amide bonds. The first-order chi connectivity index (χ1) is 16.5. The van der Waals surface area contributed by atoms with Crippen LogP contribution in [-0.2, 0) is 18.0 Å². The monoisotopic (exact) mass is 533 g/mol. The van der Waals surface area contributed by atoms with Crippen LogP contribution in [0.15, 0.2) is 4.47 Å². The van der Waals surface area contributed by atoms with Gasteiger partial charge in [-0.15, -0.1) is 0 Å². The molecule has 5 atom stereocenters. The smallest absolute Gasteiger partial charge is 0.319 e. The van der Waals surface area contributed by atoms with Gasteiger partial charge in [-0.1, -0.05) is 0 Å². The van der Waals surface area contributed by atoms with Crippen LogP contribution in [0.1, 0.15) is 43.2 Å². The van der Waals surface area contributed by atoms with E-state index >= 15 is 4.39 Å². The second-order valence-electron chi connectivity index (χ2n) is 10.9. The Kier molecular flexibility index (Phi) is 4.10. The van der Waals surface area contributed by atoms with E-state index in [1.165, 1.54) is 6.42 Å². The molecular weight excluding hydrogens is 508 g/mol. The zero-order valence-corrected chi connectivity index (χ0v) is 20.3. The van der Waals surface area contributed by atoms with Crippen molar-refractivity contribution in [3.8, 4) is 6.01 Å². The quantitative estimate of drug-likeness (QED) is 0.647. The fraction of sp³-hybridized carbons (Fsp3) is 0.667. The summed E-state index contributed by atoms with van der Waals surface area (Å²) in [6, 6.07) is 0.917. The van der Waals surface area contributed by atoms with Gasteiger partial charge in [0.1, 0.15) is 24.1 Å². The van der Waals surface area contributed by atoms with Crippen molar-refractivity contribution in [2.45, 2.75) is 74.7 Å². The molecule has 1 aliphatic carbocycles. The van der Waals surface area contributed by atoms with Gasteiger partial charge in [-0.05, 0) is 53.7 Å². The number of nitrogens with zero attached hydrogens (tertiary/aromatic N) is 4. The summed E-state index contributed by atoms with van der Waals surface area (Å²) < 4.78 is 42.2. The number of nitrogens with one attached hydrogen (secondary N) is 1. The van der Waals surface area contributed by atoms with Gasteiger partial charge in [-0.2, -0.15) is 9.97 Å². The molecule has 6 heterocycles. The van der Waals surface area contributed by atoms with Crippen molar-refractivity contribution >= 4 is 32.7 Å². The van der Waals surface area contributed by atoms with Crippen LogP contribution in [0.2, 0.25) is 0 Å². The predicted molar refractivity (Wildman–Crippen MR) is 124 cm³/mol. The lowest BCUT2D eigenvalue weighted by molar-refractivity contribution is -0.0522. The van der Waals surface area contributed by atoms with Gasteiger partial charge in [-0.25, -0.2) is 8.78 Å². The number of ether oxygens (including phenoxy) is 2. The molecule has 180 valence electrons. The maximum Gasteiger partial charge on any atom is 0.319 e. The first kappa shape index (κ1) is 20.6. The predicted octanol–water partition coefficient (Wildman–Crippen LogP) is 3.21. The van der Waals surface area contributed by atoms with E-state index in [-0.39, 0.29) is 22.6 Å². The van der Waals surface area contributed by atoms with Crippen LogP contribution < -0.4 is 15.0 Å². The third-order valence-electron chi connectivity index (χ3n) is 9.49. The molecule has 0 radical (unpaired) electrons. The minimum Gasteiger partial charge on any atom is -0.461 e. The maximum atomic E-state index is 15.6. The summed E-state index contributed by atoms with van der Waals surface area (Å²) in [6.45, 7) is 3.39. The topological polar surface area (TPSA) is 62.8 Å². The number of aromatic nitrogens is 2. The van der Waals surface area contributed by atoms with E-state index < -0.39 is 12.0 Å². The van der Waals surface area contributed by atoms with E-state index in [1.54, 1.807) is 0 Å². The molecule has 4 saturated heterocycles. The number of piperazine rings is 1. The molecule has 5 aliphatic heterocycles. The van der Waals surface area contributed by atoms with Crippen LogP contribution in [0.25, 0.3) is 10.9 Å². The van der Waals surface area contributed by atoms with E-state index in [1.807, 2.05) is 0 Å². The lowest BCUT2D eigenvalue weighted by Gasteiger charge is -2.77. The Bertz CT molecular complexity index is 1230. The standard InChI is InChI=1S/C24H26BrF2N5O2/c25-18-14-10-33-9-13(14)17-20(19(18)27)29-22(34-11-23-3-1-5-31(23)8-12(26)6-23)30-21(17)32-15-2-4-24(15)16(32)7-28-24/h12,15-16,28H,1-11H2/t12?,15?,16?,23-,24?/m0/s1. The van der Waals surface area contributed by atoms with E-state index in [0.717, 1.165) is 54.7 Å². The number of alkyl halides is 1. The number of benzene rings is 1. The fourth-order valence-electron chi connectivity index (χ4n) is 7.65. The van der Waals surface area contributed by atoms with Gasteiger partial charge in [0.25, 0.3) is 0 Å². The summed E-state index contributed by atoms with van der Waals surface area (Å²) in [5, 5.41) is 4.37. The molecule has 1 aromatic heterocycles. The summed E-state index contributed by atoms with van der Waals surface area (Å²) in [6.07, 6.45) is 3.87. The second-order valence-corrected chi connectivity index (χ2v) is 11.7. The Morgan fingerprint density at radius 3 is 2.85 bits per heavy atom. The molecule has 1 N–H and O–H groups in total. The van der Waals surface area contributed by atoms with Crippen LogP contribution in [-0.4, -0.2) is 70.4 Å². The van der Waals surface area contributed by atoms with Gasteiger partial charge < -0.3 is 19.7 Å². The average Bonchev–Trinajstić information content (AvgIpc) is 3.48. The van der Waals surface area contributed by atoms with Crippen LogP contribution in [0.5, 0.6) is 6.01 Å². The summed E-state index contributed by atoms with van der Waals surface area (Å²) in [5.74, 6) is 0.362. The van der Waals surface area contributed by atoms with Crippen LogP contribution in [0.4, 0.5) is 14.6 Å². The van der Waals surface area contributed by atoms with Gasteiger partial charge in [0.15, 0.2) is 5.82 Å². The molecule has 7 nitrogen and oxygen atoms in total. The van der Waals surface area contributed by atoms with E-state index in [9.17, 15) is 4.39 Å². The van der Waals surface area contributed by atoms with E-state index in [0.29, 0.717) is 49.3 Å².